The van der Waals surface area contributed by atoms with Gasteiger partial charge in [0.15, 0.2) is 15.0 Å². The molecule has 0 radical (unpaired) electrons. The average Bonchev–Trinajstić information content (AvgIpc) is 3.10. The third-order valence-corrected chi connectivity index (χ3v) is 8.59. The summed E-state index contributed by atoms with van der Waals surface area (Å²) in [6.07, 6.45) is 0. The van der Waals surface area contributed by atoms with Crippen LogP contribution in [0.25, 0.3) is 0 Å². The van der Waals surface area contributed by atoms with Gasteiger partial charge < -0.3 is 4.90 Å². The number of aryl methyl sites for hydroxylation is 2. The number of aliphatic imine (C=N–C) groups is 1. The van der Waals surface area contributed by atoms with Gasteiger partial charge in [-0.15, -0.1) is 0 Å². The zero-order valence-corrected chi connectivity index (χ0v) is 17.6. The van der Waals surface area contributed by atoms with E-state index in [4.69, 9.17) is 16.6 Å². The first kappa shape index (κ1) is 18.8. The van der Waals surface area contributed by atoms with Crippen LogP contribution in [0, 0.1) is 13.8 Å². The van der Waals surface area contributed by atoms with Crippen LogP contribution < -0.4 is 4.90 Å². The summed E-state index contributed by atoms with van der Waals surface area (Å²) in [5.74, 6) is 0.382. The minimum Gasteiger partial charge on any atom is -0.317 e. The van der Waals surface area contributed by atoms with Crippen LogP contribution in [-0.4, -0.2) is 36.4 Å². The van der Waals surface area contributed by atoms with E-state index in [1.807, 2.05) is 24.3 Å². The van der Waals surface area contributed by atoms with Crippen LogP contribution in [0.15, 0.2) is 47.5 Å². The molecule has 1 fully saturated rings. The predicted molar refractivity (Wildman–Crippen MR) is 115 cm³/mol. The van der Waals surface area contributed by atoms with Gasteiger partial charge in [-0.3, -0.25) is 4.99 Å². The Balaban J connectivity index is 1.68. The molecule has 0 aliphatic carbocycles. The molecule has 2 aliphatic rings. The average molecular weight is 421 g/mol. The summed E-state index contributed by atoms with van der Waals surface area (Å²) in [4.78, 5) is 6.97. The molecule has 2 aromatic rings. The van der Waals surface area contributed by atoms with Crippen molar-refractivity contribution >= 4 is 44.1 Å². The lowest BCUT2D eigenvalue weighted by Crippen LogP contribution is -2.28. The molecule has 0 saturated carbocycles. The first-order valence-corrected chi connectivity index (χ1v) is 11.9. The van der Waals surface area contributed by atoms with E-state index in [-0.39, 0.29) is 22.8 Å². The van der Waals surface area contributed by atoms with E-state index < -0.39 is 9.84 Å². The molecule has 0 N–H and O–H groups in total. The fourth-order valence-corrected chi connectivity index (χ4v) is 7.31. The SMILES string of the molecule is Cc1ccc(N(Cc2ccc(Cl)cc2)C2=N[C@@H]3CS(=O)(=O)C[C@H]3S2)cc1C. The van der Waals surface area contributed by atoms with Crippen LogP contribution in [0.5, 0.6) is 0 Å². The summed E-state index contributed by atoms with van der Waals surface area (Å²) >= 11 is 7.61. The maximum atomic E-state index is 11.9. The number of amidine groups is 1. The number of rotatable bonds is 3. The Morgan fingerprint density at radius 2 is 1.85 bits per heavy atom. The largest absolute Gasteiger partial charge is 0.317 e. The Kier molecular flexibility index (Phi) is 4.99. The second-order valence-electron chi connectivity index (χ2n) is 7.19. The summed E-state index contributed by atoms with van der Waals surface area (Å²) in [6, 6.07) is 14.1. The van der Waals surface area contributed by atoms with E-state index >= 15 is 0 Å². The summed E-state index contributed by atoms with van der Waals surface area (Å²) < 4.78 is 23.8. The Morgan fingerprint density at radius 1 is 1.11 bits per heavy atom. The van der Waals surface area contributed by atoms with Crippen molar-refractivity contribution in [2.45, 2.75) is 31.7 Å². The lowest BCUT2D eigenvalue weighted by atomic mass is 10.1. The van der Waals surface area contributed by atoms with Crippen molar-refractivity contribution in [1.29, 1.82) is 0 Å². The fraction of sp³-hybridized carbons (Fsp3) is 0.350. The molecule has 142 valence electrons. The highest BCUT2D eigenvalue weighted by atomic mass is 35.5. The second-order valence-corrected chi connectivity index (χ2v) is 11.0. The van der Waals surface area contributed by atoms with Crippen LogP contribution in [-0.2, 0) is 16.4 Å². The molecule has 4 rings (SSSR count). The molecule has 2 aliphatic heterocycles. The van der Waals surface area contributed by atoms with Crippen LogP contribution in [0.1, 0.15) is 16.7 Å². The number of fused-ring (bicyclic) bond motifs is 1. The number of nitrogens with zero attached hydrogens (tertiary/aromatic N) is 2. The zero-order chi connectivity index (χ0) is 19.2. The molecular weight excluding hydrogens is 400 g/mol. The monoisotopic (exact) mass is 420 g/mol. The molecule has 0 spiro atoms. The molecular formula is C20H21ClN2O2S2. The van der Waals surface area contributed by atoms with Gasteiger partial charge in [-0.05, 0) is 54.8 Å². The Bertz CT molecular complexity index is 1000. The summed E-state index contributed by atoms with van der Waals surface area (Å²) in [5.41, 5.74) is 4.67. The van der Waals surface area contributed by atoms with E-state index in [0.717, 1.165) is 16.4 Å². The van der Waals surface area contributed by atoms with Gasteiger partial charge in [-0.25, -0.2) is 8.42 Å². The summed E-state index contributed by atoms with van der Waals surface area (Å²) in [7, 11) is -2.96. The van der Waals surface area contributed by atoms with Crippen molar-refractivity contribution in [3.8, 4) is 0 Å². The third kappa shape index (κ3) is 4.03. The number of thioether (sulfide) groups is 1. The Morgan fingerprint density at radius 3 is 2.52 bits per heavy atom. The maximum absolute atomic E-state index is 11.9. The van der Waals surface area contributed by atoms with Crippen molar-refractivity contribution in [1.82, 2.24) is 0 Å². The highest BCUT2D eigenvalue weighted by Gasteiger charge is 2.44. The normalized spacial score (nSPS) is 23.1. The molecule has 2 heterocycles. The molecule has 27 heavy (non-hydrogen) atoms. The van der Waals surface area contributed by atoms with Gasteiger partial charge in [0, 0.05) is 16.0 Å². The first-order valence-electron chi connectivity index (χ1n) is 8.85. The predicted octanol–water partition coefficient (Wildman–Crippen LogP) is 4.23. The Labute approximate surface area is 169 Å². The van der Waals surface area contributed by atoms with Crippen molar-refractivity contribution < 1.29 is 8.42 Å². The van der Waals surface area contributed by atoms with Crippen molar-refractivity contribution in [3.63, 3.8) is 0 Å². The third-order valence-electron chi connectivity index (χ3n) is 5.09. The second kappa shape index (κ2) is 7.15. The van der Waals surface area contributed by atoms with Crippen LogP contribution >= 0.6 is 23.4 Å². The van der Waals surface area contributed by atoms with Crippen LogP contribution in [0.2, 0.25) is 5.02 Å². The number of sulfone groups is 1. The zero-order valence-electron chi connectivity index (χ0n) is 15.2. The van der Waals surface area contributed by atoms with E-state index in [9.17, 15) is 8.42 Å². The van der Waals surface area contributed by atoms with Crippen LogP contribution in [0.3, 0.4) is 0 Å². The van der Waals surface area contributed by atoms with E-state index in [2.05, 4.69) is 36.9 Å². The highest BCUT2D eigenvalue weighted by molar-refractivity contribution is 8.15. The number of hydrogen-bond acceptors (Lipinski definition) is 5. The smallest absolute Gasteiger partial charge is 0.164 e. The summed E-state index contributed by atoms with van der Waals surface area (Å²) in [6.45, 7) is 4.86. The topological polar surface area (TPSA) is 49.7 Å². The molecule has 2 atom stereocenters. The fourth-order valence-electron chi connectivity index (χ4n) is 3.41. The number of anilines is 1. The van der Waals surface area contributed by atoms with Gasteiger partial charge >= 0.3 is 0 Å². The molecule has 0 amide bonds. The number of hydrogen-bond donors (Lipinski definition) is 0. The maximum Gasteiger partial charge on any atom is 0.164 e. The van der Waals surface area contributed by atoms with Gasteiger partial charge in [0.05, 0.1) is 24.1 Å². The van der Waals surface area contributed by atoms with Gasteiger partial charge in [-0.1, -0.05) is 41.6 Å². The van der Waals surface area contributed by atoms with Gasteiger partial charge in [0.1, 0.15) is 0 Å². The standard InChI is InChI=1S/C20H21ClN2O2S2/c1-13-3-8-17(9-14(13)2)23(10-15-4-6-16(21)7-5-15)20-22-18-11-27(24,25)12-19(18)26-20/h3-9,18-19H,10-12H2,1-2H3/t18-,19-/m1/s1. The van der Waals surface area contributed by atoms with Gasteiger partial charge in [-0.2, -0.15) is 0 Å². The minimum absolute atomic E-state index is 0.0317. The Hall–Kier alpha value is -1.50. The van der Waals surface area contributed by atoms with Crippen molar-refractivity contribution in [2.75, 3.05) is 16.4 Å². The molecule has 2 aromatic carbocycles. The van der Waals surface area contributed by atoms with Crippen molar-refractivity contribution in [3.05, 3.63) is 64.2 Å². The van der Waals surface area contributed by atoms with Gasteiger partial charge in [0.25, 0.3) is 0 Å². The quantitative estimate of drug-likeness (QED) is 0.745. The molecule has 4 nitrogen and oxygen atoms in total. The lowest BCUT2D eigenvalue weighted by Gasteiger charge is -2.25. The lowest BCUT2D eigenvalue weighted by molar-refractivity contribution is 0.601. The van der Waals surface area contributed by atoms with Crippen molar-refractivity contribution in [2.24, 2.45) is 4.99 Å². The number of halogens is 1. The first-order chi connectivity index (χ1) is 12.8. The molecule has 7 heteroatoms. The highest BCUT2D eigenvalue weighted by Crippen LogP contribution is 2.37. The molecule has 0 aromatic heterocycles. The van der Waals surface area contributed by atoms with Gasteiger partial charge in [0.2, 0.25) is 0 Å². The van der Waals surface area contributed by atoms with E-state index in [0.29, 0.717) is 11.6 Å². The molecule has 1 saturated heterocycles. The van der Waals surface area contributed by atoms with E-state index in [1.54, 1.807) is 11.8 Å². The van der Waals surface area contributed by atoms with Crippen LogP contribution in [0.4, 0.5) is 5.69 Å². The van der Waals surface area contributed by atoms with E-state index in [1.165, 1.54) is 11.1 Å². The molecule has 0 unspecified atom stereocenters. The molecule has 0 bridgehead atoms. The minimum atomic E-state index is -2.96. The number of benzene rings is 2. The summed E-state index contributed by atoms with van der Waals surface area (Å²) in [5, 5.41) is 1.64.